The van der Waals surface area contributed by atoms with Crippen LogP contribution in [0.5, 0.6) is 0 Å². The van der Waals surface area contributed by atoms with Crippen LogP contribution in [0.3, 0.4) is 0 Å². The second kappa shape index (κ2) is 6.12. The summed E-state index contributed by atoms with van der Waals surface area (Å²) in [7, 11) is 0. The number of nitrogens with one attached hydrogen (secondary N) is 1. The molecule has 2 heterocycles. The maximum Gasteiger partial charge on any atom is 0.251 e. The van der Waals surface area contributed by atoms with Gasteiger partial charge in [-0.15, -0.1) is 0 Å². The SMILES string of the molecule is CC(C)(CNC(=O)c1ccncc1)N1CCOCC1. The molecule has 0 atom stereocenters. The number of aromatic nitrogens is 1. The molecule has 2 rings (SSSR count). The standard InChI is InChI=1S/C14H21N3O2/c1-14(2,17-7-9-19-10-8-17)11-16-13(18)12-3-5-15-6-4-12/h3-6H,7-11H2,1-2H3,(H,16,18). The van der Waals surface area contributed by atoms with Gasteiger partial charge in [-0.3, -0.25) is 14.7 Å². The summed E-state index contributed by atoms with van der Waals surface area (Å²) in [6.45, 7) is 8.27. The molecule has 1 amide bonds. The highest BCUT2D eigenvalue weighted by atomic mass is 16.5. The lowest BCUT2D eigenvalue weighted by atomic mass is 10.0. The highest BCUT2D eigenvalue weighted by molar-refractivity contribution is 5.93. The Hall–Kier alpha value is -1.46. The molecule has 0 aromatic carbocycles. The first-order chi connectivity index (χ1) is 9.09. The van der Waals surface area contributed by atoms with Crippen molar-refractivity contribution in [1.29, 1.82) is 0 Å². The Morgan fingerprint density at radius 1 is 1.37 bits per heavy atom. The molecule has 19 heavy (non-hydrogen) atoms. The highest BCUT2D eigenvalue weighted by Gasteiger charge is 2.28. The summed E-state index contributed by atoms with van der Waals surface area (Å²) in [6, 6.07) is 3.44. The third kappa shape index (κ3) is 3.75. The summed E-state index contributed by atoms with van der Waals surface area (Å²) in [6.07, 6.45) is 3.25. The van der Waals surface area contributed by atoms with Crippen molar-refractivity contribution in [2.45, 2.75) is 19.4 Å². The Morgan fingerprint density at radius 3 is 2.63 bits per heavy atom. The van der Waals surface area contributed by atoms with Crippen LogP contribution in [0.25, 0.3) is 0 Å². The lowest BCUT2D eigenvalue weighted by Crippen LogP contribution is -2.55. The molecule has 1 aromatic rings. The number of morpholine rings is 1. The zero-order chi connectivity index (χ0) is 13.7. The lowest BCUT2D eigenvalue weighted by molar-refractivity contribution is -0.00923. The molecule has 1 N–H and O–H groups in total. The van der Waals surface area contributed by atoms with Crippen molar-refractivity contribution >= 4 is 5.91 Å². The third-order valence-electron chi connectivity index (χ3n) is 3.49. The summed E-state index contributed by atoms with van der Waals surface area (Å²) in [4.78, 5) is 18.3. The molecule has 1 saturated heterocycles. The Labute approximate surface area is 114 Å². The highest BCUT2D eigenvalue weighted by Crippen LogP contribution is 2.15. The first-order valence-corrected chi connectivity index (χ1v) is 6.61. The number of carbonyl (C=O) groups is 1. The second-order valence-electron chi connectivity index (χ2n) is 5.33. The van der Waals surface area contributed by atoms with Crippen LogP contribution in [-0.2, 0) is 4.74 Å². The van der Waals surface area contributed by atoms with E-state index in [1.54, 1.807) is 24.5 Å². The quantitative estimate of drug-likeness (QED) is 0.878. The van der Waals surface area contributed by atoms with E-state index >= 15 is 0 Å². The fourth-order valence-corrected chi connectivity index (χ4v) is 2.18. The topological polar surface area (TPSA) is 54.5 Å². The maximum atomic E-state index is 12.0. The van der Waals surface area contributed by atoms with Crippen LogP contribution in [0.15, 0.2) is 24.5 Å². The van der Waals surface area contributed by atoms with E-state index in [-0.39, 0.29) is 11.4 Å². The molecule has 1 aliphatic heterocycles. The van der Waals surface area contributed by atoms with Crippen molar-refractivity contribution < 1.29 is 9.53 Å². The normalized spacial score (nSPS) is 17.2. The van der Waals surface area contributed by atoms with E-state index in [1.807, 2.05) is 0 Å². The van der Waals surface area contributed by atoms with Gasteiger partial charge in [0.2, 0.25) is 0 Å². The number of carbonyl (C=O) groups excluding carboxylic acids is 1. The van der Waals surface area contributed by atoms with Crippen molar-refractivity contribution in [3.63, 3.8) is 0 Å². The van der Waals surface area contributed by atoms with E-state index in [4.69, 9.17) is 4.74 Å². The largest absolute Gasteiger partial charge is 0.379 e. The number of nitrogens with zero attached hydrogens (tertiary/aromatic N) is 2. The fraction of sp³-hybridized carbons (Fsp3) is 0.571. The predicted octanol–water partition coefficient (Wildman–Crippen LogP) is 0.922. The molecule has 1 aromatic heterocycles. The van der Waals surface area contributed by atoms with Crippen LogP contribution in [-0.4, -0.2) is 54.2 Å². The molecule has 1 fully saturated rings. The van der Waals surface area contributed by atoms with Crippen LogP contribution < -0.4 is 5.32 Å². The molecule has 0 aliphatic carbocycles. The minimum absolute atomic E-state index is 0.0521. The fourth-order valence-electron chi connectivity index (χ4n) is 2.18. The summed E-state index contributed by atoms with van der Waals surface area (Å²) < 4.78 is 5.35. The zero-order valence-electron chi connectivity index (χ0n) is 11.6. The van der Waals surface area contributed by atoms with Gasteiger partial charge in [0, 0.05) is 43.1 Å². The van der Waals surface area contributed by atoms with Gasteiger partial charge in [0.15, 0.2) is 0 Å². The minimum Gasteiger partial charge on any atom is -0.379 e. The van der Waals surface area contributed by atoms with Gasteiger partial charge in [0.1, 0.15) is 0 Å². The molecule has 5 heteroatoms. The van der Waals surface area contributed by atoms with Crippen LogP contribution in [0, 0.1) is 0 Å². The van der Waals surface area contributed by atoms with Crippen LogP contribution in [0.1, 0.15) is 24.2 Å². The molecule has 104 valence electrons. The average Bonchev–Trinajstić information content (AvgIpc) is 2.47. The predicted molar refractivity (Wildman–Crippen MR) is 73.0 cm³/mol. The summed E-state index contributed by atoms with van der Waals surface area (Å²) in [5, 5.41) is 2.99. The number of hydrogen-bond acceptors (Lipinski definition) is 4. The van der Waals surface area contributed by atoms with E-state index in [0.29, 0.717) is 12.1 Å². The van der Waals surface area contributed by atoms with Gasteiger partial charge in [-0.05, 0) is 26.0 Å². The number of amides is 1. The first kappa shape index (κ1) is 14.0. The monoisotopic (exact) mass is 263 g/mol. The van der Waals surface area contributed by atoms with Gasteiger partial charge in [0.05, 0.1) is 13.2 Å². The zero-order valence-corrected chi connectivity index (χ0v) is 11.6. The molecule has 0 unspecified atom stereocenters. The van der Waals surface area contributed by atoms with Crippen LogP contribution in [0.4, 0.5) is 0 Å². The van der Waals surface area contributed by atoms with Gasteiger partial charge < -0.3 is 10.1 Å². The van der Waals surface area contributed by atoms with Crippen molar-refractivity contribution in [2.75, 3.05) is 32.8 Å². The molecule has 0 bridgehead atoms. The summed E-state index contributed by atoms with van der Waals surface area (Å²) in [5.74, 6) is -0.0521. The van der Waals surface area contributed by atoms with Gasteiger partial charge in [-0.25, -0.2) is 0 Å². The van der Waals surface area contributed by atoms with E-state index in [2.05, 4.69) is 29.0 Å². The van der Waals surface area contributed by atoms with Crippen molar-refractivity contribution in [3.05, 3.63) is 30.1 Å². The molecular weight excluding hydrogens is 242 g/mol. The smallest absolute Gasteiger partial charge is 0.251 e. The van der Waals surface area contributed by atoms with Crippen LogP contribution >= 0.6 is 0 Å². The van der Waals surface area contributed by atoms with E-state index in [1.165, 1.54) is 0 Å². The number of rotatable bonds is 4. The first-order valence-electron chi connectivity index (χ1n) is 6.61. The van der Waals surface area contributed by atoms with Gasteiger partial charge in [-0.2, -0.15) is 0 Å². The third-order valence-corrected chi connectivity index (χ3v) is 3.49. The molecule has 0 radical (unpaired) electrons. The van der Waals surface area contributed by atoms with Crippen LogP contribution in [0.2, 0.25) is 0 Å². The Balaban J connectivity index is 1.88. The molecule has 0 saturated carbocycles. The number of pyridine rings is 1. The molecular formula is C14H21N3O2. The summed E-state index contributed by atoms with van der Waals surface area (Å²) >= 11 is 0. The van der Waals surface area contributed by atoms with Crippen molar-refractivity contribution in [3.8, 4) is 0 Å². The molecule has 0 spiro atoms. The van der Waals surface area contributed by atoms with E-state index < -0.39 is 0 Å². The number of ether oxygens (including phenoxy) is 1. The average molecular weight is 263 g/mol. The maximum absolute atomic E-state index is 12.0. The molecule has 1 aliphatic rings. The van der Waals surface area contributed by atoms with Crippen molar-refractivity contribution in [1.82, 2.24) is 15.2 Å². The lowest BCUT2D eigenvalue weighted by Gasteiger charge is -2.40. The second-order valence-corrected chi connectivity index (χ2v) is 5.33. The van der Waals surface area contributed by atoms with Gasteiger partial charge >= 0.3 is 0 Å². The van der Waals surface area contributed by atoms with Gasteiger partial charge in [0.25, 0.3) is 5.91 Å². The Kier molecular flexibility index (Phi) is 4.50. The van der Waals surface area contributed by atoms with Gasteiger partial charge in [-0.1, -0.05) is 0 Å². The minimum atomic E-state index is -0.0630. The molecule has 5 nitrogen and oxygen atoms in total. The summed E-state index contributed by atoms with van der Waals surface area (Å²) in [5.41, 5.74) is 0.583. The number of hydrogen-bond donors (Lipinski definition) is 1. The Morgan fingerprint density at radius 2 is 2.00 bits per heavy atom. The Bertz CT molecular complexity index is 414. The van der Waals surface area contributed by atoms with E-state index in [9.17, 15) is 4.79 Å². The van der Waals surface area contributed by atoms with Crippen molar-refractivity contribution in [2.24, 2.45) is 0 Å². The van der Waals surface area contributed by atoms with E-state index in [0.717, 1.165) is 26.3 Å².